The van der Waals surface area contributed by atoms with Gasteiger partial charge in [-0.15, -0.1) is 0 Å². The van der Waals surface area contributed by atoms with Crippen LogP contribution in [0.3, 0.4) is 0 Å². The van der Waals surface area contributed by atoms with Crippen molar-refractivity contribution in [2.45, 2.75) is 39.0 Å². The minimum absolute atomic E-state index is 0.0524. The summed E-state index contributed by atoms with van der Waals surface area (Å²) in [5.41, 5.74) is 1.74. The first-order valence-corrected chi connectivity index (χ1v) is 6.95. The maximum absolute atomic E-state index is 11.8. The molecule has 0 unspecified atom stereocenters. The number of H-pyrrole nitrogens is 1. The lowest BCUT2D eigenvalue weighted by Gasteiger charge is -2.11. The Morgan fingerprint density at radius 2 is 1.75 bits per heavy atom. The molecule has 1 N–H and O–H groups in total. The zero-order chi connectivity index (χ0) is 12.5. The van der Waals surface area contributed by atoms with Crippen molar-refractivity contribution >= 4 is 9.84 Å². The highest BCUT2D eigenvalue weighted by molar-refractivity contribution is 7.91. The summed E-state index contributed by atoms with van der Waals surface area (Å²) in [4.78, 5) is 14.2. The minimum Gasteiger partial charge on any atom is -0.325 e. The standard InChI is InChI=1S/C11H17NO3S/c1-5-9-7(3)10(16(14,15)6-2)11(13)12-8(9)4/h5-6H2,1-4H3,(H,12,13). The molecule has 0 fully saturated rings. The first-order chi connectivity index (χ1) is 7.35. The third kappa shape index (κ3) is 2.04. The molecule has 0 amide bonds. The Balaban J connectivity index is 3.72. The first kappa shape index (κ1) is 13.0. The number of nitrogens with one attached hydrogen (secondary N) is 1. The molecule has 5 heteroatoms. The van der Waals surface area contributed by atoms with E-state index in [9.17, 15) is 13.2 Å². The molecule has 0 spiro atoms. The zero-order valence-electron chi connectivity index (χ0n) is 10.0. The van der Waals surface area contributed by atoms with Crippen LogP contribution in [0.5, 0.6) is 0 Å². The second-order valence-corrected chi connectivity index (χ2v) is 5.98. The third-order valence-electron chi connectivity index (χ3n) is 2.80. The number of sulfone groups is 1. The first-order valence-electron chi connectivity index (χ1n) is 5.30. The van der Waals surface area contributed by atoms with E-state index in [0.717, 1.165) is 11.3 Å². The van der Waals surface area contributed by atoms with Gasteiger partial charge in [-0.3, -0.25) is 4.79 Å². The minimum atomic E-state index is -3.45. The lowest BCUT2D eigenvalue weighted by atomic mass is 10.1. The van der Waals surface area contributed by atoms with E-state index < -0.39 is 15.4 Å². The van der Waals surface area contributed by atoms with Gasteiger partial charge in [0.1, 0.15) is 4.90 Å². The maximum atomic E-state index is 11.8. The molecule has 0 aliphatic rings. The lowest BCUT2D eigenvalue weighted by Crippen LogP contribution is -2.23. The molecule has 0 saturated heterocycles. The van der Waals surface area contributed by atoms with E-state index in [-0.39, 0.29) is 10.6 Å². The molecule has 1 aromatic rings. The fraction of sp³-hybridized carbons (Fsp3) is 0.545. The second-order valence-electron chi connectivity index (χ2n) is 3.77. The van der Waals surface area contributed by atoms with Gasteiger partial charge in [0.05, 0.1) is 5.75 Å². The van der Waals surface area contributed by atoms with Crippen LogP contribution in [0.25, 0.3) is 0 Å². The summed E-state index contributed by atoms with van der Waals surface area (Å²) in [6, 6.07) is 0. The van der Waals surface area contributed by atoms with Gasteiger partial charge in [-0.2, -0.15) is 0 Å². The predicted molar refractivity (Wildman–Crippen MR) is 63.6 cm³/mol. The van der Waals surface area contributed by atoms with E-state index in [2.05, 4.69) is 4.98 Å². The van der Waals surface area contributed by atoms with Crippen molar-refractivity contribution in [3.8, 4) is 0 Å². The van der Waals surface area contributed by atoms with E-state index in [4.69, 9.17) is 0 Å². The van der Waals surface area contributed by atoms with Crippen molar-refractivity contribution in [1.82, 2.24) is 4.98 Å². The van der Waals surface area contributed by atoms with Gasteiger partial charge >= 0.3 is 0 Å². The molecule has 1 heterocycles. The average Bonchev–Trinajstić information content (AvgIpc) is 2.17. The fourth-order valence-electron chi connectivity index (χ4n) is 1.94. The van der Waals surface area contributed by atoms with Crippen LogP contribution in [-0.2, 0) is 16.3 Å². The highest BCUT2D eigenvalue weighted by atomic mass is 32.2. The fourth-order valence-corrected chi connectivity index (χ4v) is 3.15. The van der Waals surface area contributed by atoms with Crippen molar-refractivity contribution in [1.29, 1.82) is 0 Å². The van der Waals surface area contributed by atoms with E-state index in [1.54, 1.807) is 20.8 Å². The maximum Gasteiger partial charge on any atom is 0.267 e. The Morgan fingerprint density at radius 1 is 1.19 bits per heavy atom. The molecule has 0 aliphatic heterocycles. The number of pyridine rings is 1. The highest BCUT2D eigenvalue weighted by Gasteiger charge is 2.21. The van der Waals surface area contributed by atoms with Crippen molar-refractivity contribution in [3.63, 3.8) is 0 Å². The van der Waals surface area contributed by atoms with Crippen molar-refractivity contribution in [2.75, 3.05) is 5.75 Å². The van der Waals surface area contributed by atoms with E-state index in [1.165, 1.54) is 0 Å². The number of hydrogen-bond acceptors (Lipinski definition) is 3. The Labute approximate surface area is 95.6 Å². The van der Waals surface area contributed by atoms with Gasteiger partial charge in [0, 0.05) is 5.69 Å². The third-order valence-corrected chi connectivity index (χ3v) is 4.67. The largest absolute Gasteiger partial charge is 0.325 e. The summed E-state index contributed by atoms with van der Waals surface area (Å²) in [6.45, 7) is 6.97. The van der Waals surface area contributed by atoms with Gasteiger partial charge in [-0.25, -0.2) is 8.42 Å². The molecule has 0 aromatic carbocycles. The van der Waals surface area contributed by atoms with Gasteiger partial charge in [0.15, 0.2) is 9.84 Å². The Hall–Kier alpha value is -1.10. The molecule has 0 saturated carbocycles. The summed E-state index contributed by atoms with van der Waals surface area (Å²) in [6.07, 6.45) is 0.709. The molecule has 4 nitrogen and oxygen atoms in total. The van der Waals surface area contributed by atoms with E-state index in [0.29, 0.717) is 12.0 Å². The average molecular weight is 243 g/mol. The van der Waals surface area contributed by atoms with Crippen LogP contribution in [0.15, 0.2) is 9.69 Å². The van der Waals surface area contributed by atoms with Gasteiger partial charge in [0.2, 0.25) is 0 Å². The molecule has 0 bridgehead atoms. The van der Waals surface area contributed by atoms with Gasteiger partial charge in [0.25, 0.3) is 5.56 Å². The summed E-state index contributed by atoms with van der Waals surface area (Å²) in [5.74, 6) is -0.0524. The summed E-state index contributed by atoms with van der Waals surface area (Å²) in [5, 5.41) is 0. The molecule has 1 rings (SSSR count). The Morgan fingerprint density at radius 3 is 2.19 bits per heavy atom. The van der Waals surface area contributed by atoms with Gasteiger partial charge in [-0.1, -0.05) is 13.8 Å². The van der Waals surface area contributed by atoms with Crippen LogP contribution in [0.4, 0.5) is 0 Å². The number of aromatic amines is 1. The molecule has 0 aliphatic carbocycles. The van der Waals surface area contributed by atoms with Gasteiger partial charge < -0.3 is 4.98 Å². The highest BCUT2D eigenvalue weighted by Crippen LogP contribution is 2.18. The van der Waals surface area contributed by atoms with Crippen LogP contribution in [0.2, 0.25) is 0 Å². The summed E-state index contributed by atoms with van der Waals surface area (Å²) in [7, 11) is -3.45. The van der Waals surface area contributed by atoms with Crippen LogP contribution in [0.1, 0.15) is 30.7 Å². The van der Waals surface area contributed by atoms with Crippen molar-refractivity contribution in [3.05, 3.63) is 27.2 Å². The summed E-state index contributed by atoms with van der Waals surface area (Å²) >= 11 is 0. The molecule has 16 heavy (non-hydrogen) atoms. The molecule has 0 atom stereocenters. The van der Waals surface area contributed by atoms with Crippen molar-refractivity contribution in [2.24, 2.45) is 0 Å². The summed E-state index contributed by atoms with van der Waals surface area (Å²) < 4.78 is 23.6. The van der Waals surface area contributed by atoms with E-state index in [1.807, 2.05) is 6.92 Å². The SMILES string of the molecule is CCc1c(C)[nH]c(=O)c(S(=O)(=O)CC)c1C. The van der Waals surface area contributed by atoms with Crippen LogP contribution in [-0.4, -0.2) is 19.2 Å². The predicted octanol–water partition coefficient (Wildman–Crippen LogP) is 1.35. The molecular weight excluding hydrogens is 226 g/mol. The van der Waals surface area contributed by atoms with E-state index >= 15 is 0 Å². The number of rotatable bonds is 3. The molecular formula is C11H17NO3S. The van der Waals surface area contributed by atoms with Crippen LogP contribution < -0.4 is 5.56 Å². The number of hydrogen-bond donors (Lipinski definition) is 1. The molecule has 0 radical (unpaired) electrons. The zero-order valence-corrected chi connectivity index (χ0v) is 10.9. The molecule has 90 valence electrons. The second kappa shape index (κ2) is 4.41. The Bertz CT molecular complexity index is 555. The van der Waals surface area contributed by atoms with Crippen LogP contribution in [0, 0.1) is 13.8 Å². The van der Waals surface area contributed by atoms with Gasteiger partial charge in [-0.05, 0) is 31.4 Å². The normalized spacial score (nSPS) is 11.8. The topological polar surface area (TPSA) is 67.0 Å². The monoisotopic (exact) mass is 243 g/mol. The van der Waals surface area contributed by atoms with Crippen LogP contribution >= 0.6 is 0 Å². The Kier molecular flexibility index (Phi) is 3.57. The van der Waals surface area contributed by atoms with Crippen molar-refractivity contribution < 1.29 is 8.42 Å². The lowest BCUT2D eigenvalue weighted by molar-refractivity contribution is 0.594. The number of aryl methyl sites for hydroxylation is 1. The smallest absolute Gasteiger partial charge is 0.267 e. The quantitative estimate of drug-likeness (QED) is 0.871. The molecule has 1 aromatic heterocycles. The number of aromatic nitrogens is 1.